The molecule has 1 aliphatic heterocycles. The van der Waals surface area contributed by atoms with Crippen molar-refractivity contribution < 1.29 is 14.7 Å². The summed E-state index contributed by atoms with van der Waals surface area (Å²) in [4.78, 5) is 26.0. The highest BCUT2D eigenvalue weighted by Crippen LogP contribution is 2.21. The number of amides is 1. The van der Waals surface area contributed by atoms with Gasteiger partial charge in [0.05, 0.1) is 0 Å². The zero-order valence-corrected chi connectivity index (χ0v) is 12.4. The molecule has 0 unspecified atom stereocenters. The van der Waals surface area contributed by atoms with Gasteiger partial charge in [-0.2, -0.15) is 0 Å². The second-order valence-electron chi connectivity index (χ2n) is 5.21. The fourth-order valence-electron chi connectivity index (χ4n) is 2.48. The van der Waals surface area contributed by atoms with Crippen LogP contribution < -0.4 is 4.90 Å². The highest BCUT2D eigenvalue weighted by molar-refractivity contribution is 5.85. The summed E-state index contributed by atoms with van der Waals surface area (Å²) >= 11 is 0. The molecule has 112 valence electrons. The number of carboxylic acid groups (broad SMARTS) is 1. The second-order valence-corrected chi connectivity index (χ2v) is 5.21. The number of hydrogen-bond acceptors (Lipinski definition) is 3. The van der Waals surface area contributed by atoms with E-state index in [0.29, 0.717) is 0 Å². The van der Waals surface area contributed by atoms with E-state index in [0.717, 1.165) is 49.1 Å². The van der Waals surface area contributed by atoms with Gasteiger partial charge in [0.25, 0.3) is 0 Å². The molecule has 1 aromatic carbocycles. The number of carbonyl (C=O) groups is 2. The van der Waals surface area contributed by atoms with Gasteiger partial charge in [0.2, 0.25) is 5.91 Å². The van der Waals surface area contributed by atoms with Gasteiger partial charge < -0.3 is 14.9 Å². The van der Waals surface area contributed by atoms with Gasteiger partial charge in [0.1, 0.15) is 0 Å². The molecule has 1 aromatic rings. The highest BCUT2D eigenvalue weighted by Gasteiger charge is 2.18. The third-order valence-electron chi connectivity index (χ3n) is 3.75. The molecule has 1 aliphatic rings. The number of aliphatic carboxylic acids is 1. The van der Waals surface area contributed by atoms with Gasteiger partial charge in [-0.15, -0.1) is 0 Å². The van der Waals surface area contributed by atoms with Crippen LogP contribution in [0.25, 0.3) is 6.08 Å². The van der Waals surface area contributed by atoms with Crippen LogP contribution in [-0.2, 0) is 9.59 Å². The summed E-state index contributed by atoms with van der Waals surface area (Å²) in [7, 11) is 0. The van der Waals surface area contributed by atoms with Gasteiger partial charge in [-0.25, -0.2) is 4.79 Å². The van der Waals surface area contributed by atoms with E-state index >= 15 is 0 Å². The van der Waals surface area contributed by atoms with Gasteiger partial charge in [0, 0.05) is 44.9 Å². The van der Waals surface area contributed by atoms with Crippen molar-refractivity contribution >= 4 is 23.6 Å². The van der Waals surface area contributed by atoms with Crippen LogP contribution in [0.1, 0.15) is 18.1 Å². The molecule has 0 aliphatic carbocycles. The number of carboxylic acids is 1. The average molecular weight is 288 g/mol. The minimum Gasteiger partial charge on any atom is -0.478 e. The fraction of sp³-hybridized carbons (Fsp3) is 0.375. The van der Waals surface area contributed by atoms with Crippen molar-refractivity contribution in [3.05, 3.63) is 35.4 Å². The topological polar surface area (TPSA) is 60.9 Å². The van der Waals surface area contributed by atoms with Crippen LogP contribution in [0.3, 0.4) is 0 Å². The number of rotatable bonds is 3. The summed E-state index contributed by atoms with van der Waals surface area (Å²) in [6.45, 7) is 6.71. The number of hydrogen-bond donors (Lipinski definition) is 1. The van der Waals surface area contributed by atoms with Crippen molar-refractivity contribution in [3.8, 4) is 0 Å². The standard InChI is InChI=1S/C16H20N2O3/c1-12-11-15(5-3-14(12)4-6-16(20)21)18-9-7-17(8-10-18)13(2)19/h3-6,11H,7-10H2,1-2H3,(H,20,21). The van der Waals surface area contributed by atoms with Gasteiger partial charge >= 0.3 is 5.97 Å². The fourth-order valence-corrected chi connectivity index (χ4v) is 2.48. The molecule has 1 N–H and O–H groups in total. The second kappa shape index (κ2) is 6.43. The number of piperazine rings is 1. The Balaban J connectivity index is 2.07. The van der Waals surface area contributed by atoms with Crippen LogP contribution >= 0.6 is 0 Å². The quantitative estimate of drug-likeness (QED) is 0.861. The molecular formula is C16H20N2O3. The van der Waals surface area contributed by atoms with Crippen LogP contribution in [0.2, 0.25) is 0 Å². The minimum atomic E-state index is -0.946. The number of carbonyl (C=O) groups excluding carboxylic acids is 1. The van der Waals surface area contributed by atoms with E-state index in [2.05, 4.69) is 11.0 Å². The molecule has 1 heterocycles. The van der Waals surface area contributed by atoms with Crippen molar-refractivity contribution in [1.29, 1.82) is 0 Å². The van der Waals surface area contributed by atoms with Crippen LogP contribution in [0.4, 0.5) is 5.69 Å². The van der Waals surface area contributed by atoms with E-state index in [1.807, 2.05) is 24.0 Å². The predicted octanol–water partition coefficient (Wildman–Crippen LogP) is 1.76. The zero-order valence-electron chi connectivity index (χ0n) is 12.4. The molecule has 0 radical (unpaired) electrons. The van der Waals surface area contributed by atoms with E-state index in [-0.39, 0.29) is 5.91 Å². The summed E-state index contributed by atoms with van der Waals surface area (Å²) in [5.74, 6) is -0.821. The maximum Gasteiger partial charge on any atom is 0.328 e. The molecule has 0 saturated carbocycles. The monoisotopic (exact) mass is 288 g/mol. The molecule has 2 rings (SSSR count). The highest BCUT2D eigenvalue weighted by atomic mass is 16.4. The minimum absolute atomic E-state index is 0.125. The average Bonchev–Trinajstić information content (AvgIpc) is 2.46. The molecule has 5 heteroatoms. The summed E-state index contributed by atoms with van der Waals surface area (Å²) < 4.78 is 0. The lowest BCUT2D eigenvalue weighted by molar-refractivity contribution is -0.131. The van der Waals surface area contributed by atoms with Crippen LogP contribution in [0, 0.1) is 6.92 Å². The van der Waals surface area contributed by atoms with Crippen molar-refractivity contribution in [2.75, 3.05) is 31.1 Å². The third kappa shape index (κ3) is 3.84. The Morgan fingerprint density at radius 1 is 1.19 bits per heavy atom. The molecule has 1 amide bonds. The summed E-state index contributed by atoms with van der Waals surface area (Å²) in [6, 6.07) is 5.99. The van der Waals surface area contributed by atoms with E-state index < -0.39 is 5.97 Å². The largest absolute Gasteiger partial charge is 0.478 e. The first-order chi connectivity index (χ1) is 9.97. The van der Waals surface area contributed by atoms with Crippen LogP contribution in [0.5, 0.6) is 0 Å². The van der Waals surface area contributed by atoms with E-state index in [9.17, 15) is 9.59 Å². The maximum absolute atomic E-state index is 11.3. The molecule has 21 heavy (non-hydrogen) atoms. The summed E-state index contributed by atoms with van der Waals surface area (Å²) in [5.41, 5.74) is 3.06. The van der Waals surface area contributed by atoms with Crippen molar-refractivity contribution in [2.24, 2.45) is 0 Å². The van der Waals surface area contributed by atoms with E-state index in [4.69, 9.17) is 5.11 Å². The molecule has 5 nitrogen and oxygen atoms in total. The predicted molar refractivity (Wildman–Crippen MR) is 82.3 cm³/mol. The van der Waals surface area contributed by atoms with Crippen molar-refractivity contribution in [1.82, 2.24) is 4.90 Å². The van der Waals surface area contributed by atoms with Crippen molar-refractivity contribution in [2.45, 2.75) is 13.8 Å². The first-order valence-corrected chi connectivity index (χ1v) is 6.99. The smallest absolute Gasteiger partial charge is 0.328 e. The SMILES string of the molecule is CC(=O)N1CCN(c2ccc(C=CC(=O)O)c(C)c2)CC1. The lowest BCUT2D eigenvalue weighted by Gasteiger charge is -2.35. The van der Waals surface area contributed by atoms with Crippen LogP contribution in [-0.4, -0.2) is 48.1 Å². The number of aryl methyl sites for hydroxylation is 1. The lowest BCUT2D eigenvalue weighted by atomic mass is 10.1. The molecule has 1 saturated heterocycles. The Morgan fingerprint density at radius 2 is 1.86 bits per heavy atom. The first-order valence-electron chi connectivity index (χ1n) is 6.99. The molecule has 0 atom stereocenters. The van der Waals surface area contributed by atoms with Gasteiger partial charge in [-0.3, -0.25) is 4.79 Å². The zero-order chi connectivity index (χ0) is 15.4. The number of benzene rings is 1. The van der Waals surface area contributed by atoms with E-state index in [1.165, 1.54) is 0 Å². The molecule has 0 aromatic heterocycles. The van der Waals surface area contributed by atoms with E-state index in [1.54, 1.807) is 13.0 Å². The first kappa shape index (κ1) is 15.1. The Bertz CT molecular complexity index is 573. The van der Waals surface area contributed by atoms with Gasteiger partial charge in [-0.05, 0) is 36.3 Å². The Hall–Kier alpha value is -2.30. The third-order valence-corrected chi connectivity index (χ3v) is 3.75. The molecule has 0 bridgehead atoms. The molecule has 1 fully saturated rings. The molecular weight excluding hydrogens is 268 g/mol. The summed E-state index contributed by atoms with van der Waals surface area (Å²) in [6.07, 6.45) is 2.75. The normalized spacial score (nSPS) is 15.5. The number of anilines is 1. The lowest BCUT2D eigenvalue weighted by Crippen LogP contribution is -2.48. The number of nitrogens with zero attached hydrogens (tertiary/aromatic N) is 2. The Kier molecular flexibility index (Phi) is 4.62. The van der Waals surface area contributed by atoms with Crippen molar-refractivity contribution in [3.63, 3.8) is 0 Å². The van der Waals surface area contributed by atoms with Crippen LogP contribution in [0.15, 0.2) is 24.3 Å². The van der Waals surface area contributed by atoms with Gasteiger partial charge in [0.15, 0.2) is 0 Å². The molecule has 0 spiro atoms. The van der Waals surface area contributed by atoms with Gasteiger partial charge in [-0.1, -0.05) is 6.07 Å². The Labute approximate surface area is 124 Å². The summed E-state index contributed by atoms with van der Waals surface area (Å²) in [5, 5.41) is 8.67. The Morgan fingerprint density at radius 3 is 2.38 bits per heavy atom. The maximum atomic E-state index is 11.3.